The molecule has 18 heavy (non-hydrogen) atoms. The monoisotopic (exact) mass is 246 g/mol. The minimum atomic E-state index is -0.402. The summed E-state index contributed by atoms with van der Waals surface area (Å²) < 4.78 is 0. The molecule has 0 bridgehead atoms. The van der Waals surface area contributed by atoms with E-state index < -0.39 is 5.91 Å². The number of terminal acetylenes is 1. The average molecular weight is 246 g/mol. The lowest BCUT2D eigenvalue weighted by Gasteiger charge is -2.14. The van der Waals surface area contributed by atoms with Crippen LogP contribution in [0.5, 0.6) is 0 Å². The zero-order valence-corrected chi connectivity index (χ0v) is 9.89. The molecule has 0 spiro atoms. The van der Waals surface area contributed by atoms with Crippen molar-refractivity contribution < 1.29 is 14.4 Å². The summed E-state index contributed by atoms with van der Waals surface area (Å²) in [6.45, 7) is -0.129. The van der Waals surface area contributed by atoms with Gasteiger partial charge in [-0.3, -0.25) is 19.3 Å². The van der Waals surface area contributed by atoms with Crippen molar-refractivity contribution in [3.63, 3.8) is 0 Å². The second kappa shape index (κ2) is 5.05. The fourth-order valence-corrected chi connectivity index (χ4v) is 2.37. The molecule has 1 heterocycles. The van der Waals surface area contributed by atoms with E-state index in [1.54, 1.807) is 0 Å². The first-order valence-corrected chi connectivity index (χ1v) is 5.85. The average Bonchev–Trinajstić information content (AvgIpc) is 2.62. The van der Waals surface area contributed by atoms with Crippen LogP contribution in [0, 0.1) is 24.2 Å². The molecule has 2 atom stereocenters. The molecule has 0 aromatic rings. The predicted octanol–water partition coefficient (Wildman–Crippen LogP) is -0.313. The van der Waals surface area contributed by atoms with Gasteiger partial charge in [-0.15, -0.1) is 6.42 Å². The first kappa shape index (κ1) is 12.4. The Kier molecular flexibility index (Phi) is 3.47. The first-order chi connectivity index (χ1) is 8.65. The summed E-state index contributed by atoms with van der Waals surface area (Å²) in [5.74, 6) is 0.796. The van der Waals surface area contributed by atoms with E-state index in [1.807, 2.05) is 12.2 Å². The number of carbonyl (C=O) groups is 3. The van der Waals surface area contributed by atoms with Gasteiger partial charge in [0.1, 0.15) is 6.54 Å². The predicted molar refractivity (Wildman–Crippen MR) is 63.9 cm³/mol. The fraction of sp³-hybridized carbons (Fsp3) is 0.462. The number of nitrogens with zero attached hydrogens (tertiary/aromatic N) is 1. The molecule has 2 aliphatic rings. The minimum Gasteiger partial charge on any atom is -0.344 e. The molecule has 1 N–H and O–H groups in total. The van der Waals surface area contributed by atoms with Crippen molar-refractivity contribution in [2.24, 2.45) is 11.8 Å². The van der Waals surface area contributed by atoms with E-state index in [9.17, 15) is 14.4 Å². The number of amides is 3. The molecule has 5 nitrogen and oxygen atoms in total. The molecule has 0 unspecified atom stereocenters. The highest BCUT2D eigenvalue weighted by Gasteiger charge is 2.47. The van der Waals surface area contributed by atoms with E-state index in [0.29, 0.717) is 12.8 Å². The van der Waals surface area contributed by atoms with Gasteiger partial charge in [0.2, 0.25) is 17.7 Å². The maximum atomic E-state index is 12.0. The minimum absolute atomic E-state index is 0.101. The molecular weight excluding hydrogens is 232 g/mol. The molecule has 1 aliphatic heterocycles. The molecule has 1 fully saturated rings. The number of nitrogens with one attached hydrogen (secondary N) is 1. The summed E-state index contributed by atoms with van der Waals surface area (Å²) >= 11 is 0. The van der Waals surface area contributed by atoms with Gasteiger partial charge in [-0.25, -0.2) is 0 Å². The Bertz CT molecular complexity index is 435. The Morgan fingerprint density at radius 1 is 1.33 bits per heavy atom. The number of likely N-dealkylation sites (tertiary alicyclic amines) is 1. The van der Waals surface area contributed by atoms with Gasteiger partial charge in [-0.1, -0.05) is 18.1 Å². The summed E-state index contributed by atoms with van der Waals surface area (Å²) in [5, 5.41) is 2.44. The van der Waals surface area contributed by atoms with Crippen LogP contribution in [-0.2, 0) is 14.4 Å². The van der Waals surface area contributed by atoms with Gasteiger partial charge in [0.25, 0.3) is 0 Å². The summed E-state index contributed by atoms with van der Waals surface area (Å²) in [7, 11) is 0. The van der Waals surface area contributed by atoms with E-state index in [4.69, 9.17) is 6.42 Å². The van der Waals surface area contributed by atoms with E-state index in [0.717, 1.165) is 4.90 Å². The number of allylic oxidation sites excluding steroid dienone is 2. The largest absolute Gasteiger partial charge is 0.344 e. The van der Waals surface area contributed by atoms with E-state index in [-0.39, 0.29) is 36.7 Å². The quantitative estimate of drug-likeness (QED) is 0.422. The molecule has 94 valence electrons. The van der Waals surface area contributed by atoms with Gasteiger partial charge in [0, 0.05) is 0 Å². The third kappa shape index (κ3) is 2.14. The van der Waals surface area contributed by atoms with E-state index in [2.05, 4.69) is 11.2 Å². The van der Waals surface area contributed by atoms with Crippen LogP contribution >= 0.6 is 0 Å². The highest BCUT2D eigenvalue weighted by Crippen LogP contribution is 2.34. The van der Waals surface area contributed by atoms with Crippen LogP contribution in [0.4, 0.5) is 0 Å². The van der Waals surface area contributed by atoms with Gasteiger partial charge < -0.3 is 5.32 Å². The van der Waals surface area contributed by atoms with Crippen molar-refractivity contribution in [3.05, 3.63) is 12.2 Å². The Hall–Kier alpha value is -2.09. The molecule has 5 heteroatoms. The number of hydrogen-bond acceptors (Lipinski definition) is 3. The Morgan fingerprint density at radius 2 is 1.89 bits per heavy atom. The van der Waals surface area contributed by atoms with E-state index in [1.165, 1.54) is 0 Å². The summed E-state index contributed by atoms with van der Waals surface area (Å²) in [6.07, 6.45) is 10.00. The number of fused-ring (bicyclic) bond motifs is 1. The highest BCUT2D eigenvalue weighted by molar-refractivity contribution is 6.07. The van der Waals surface area contributed by atoms with Crippen molar-refractivity contribution in [2.45, 2.75) is 12.8 Å². The van der Waals surface area contributed by atoms with Crippen molar-refractivity contribution in [1.29, 1.82) is 0 Å². The summed E-state index contributed by atoms with van der Waals surface area (Å²) in [6, 6.07) is 0. The normalized spacial score (nSPS) is 25.8. The SMILES string of the molecule is C#CCNC(=O)CN1C(=O)[C@@H]2CC=CC[C@H]2C1=O. The van der Waals surface area contributed by atoms with Gasteiger partial charge in [-0.05, 0) is 12.8 Å². The number of rotatable bonds is 3. The number of hydrogen-bond donors (Lipinski definition) is 1. The first-order valence-electron chi connectivity index (χ1n) is 5.85. The molecule has 3 amide bonds. The Balaban J connectivity index is 2.02. The van der Waals surface area contributed by atoms with Crippen molar-refractivity contribution >= 4 is 17.7 Å². The number of imide groups is 1. The van der Waals surface area contributed by atoms with Crippen LogP contribution in [0.15, 0.2) is 12.2 Å². The maximum absolute atomic E-state index is 12.0. The van der Waals surface area contributed by atoms with Gasteiger partial charge >= 0.3 is 0 Å². The molecule has 0 radical (unpaired) electrons. The lowest BCUT2D eigenvalue weighted by atomic mass is 9.85. The molecule has 0 aromatic heterocycles. The van der Waals surface area contributed by atoms with Crippen molar-refractivity contribution in [3.8, 4) is 12.3 Å². The molecule has 0 aromatic carbocycles. The van der Waals surface area contributed by atoms with Crippen molar-refractivity contribution in [2.75, 3.05) is 13.1 Å². The molecule has 0 saturated carbocycles. The van der Waals surface area contributed by atoms with Crippen LogP contribution in [-0.4, -0.2) is 35.7 Å². The van der Waals surface area contributed by atoms with Crippen LogP contribution in [0.25, 0.3) is 0 Å². The maximum Gasteiger partial charge on any atom is 0.240 e. The zero-order valence-electron chi connectivity index (χ0n) is 9.89. The summed E-state index contributed by atoms with van der Waals surface area (Å²) in [5.41, 5.74) is 0. The lowest BCUT2D eigenvalue weighted by Crippen LogP contribution is -2.41. The van der Waals surface area contributed by atoms with Crippen LogP contribution in [0.2, 0.25) is 0 Å². The zero-order chi connectivity index (χ0) is 13.1. The second-order valence-electron chi connectivity index (χ2n) is 4.40. The second-order valence-corrected chi connectivity index (χ2v) is 4.40. The van der Waals surface area contributed by atoms with Crippen molar-refractivity contribution in [1.82, 2.24) is 10.2 Å². The standard InChI is InChI=1S/C13H14N2O3/c1-2-7-14-11(16)8-15-12(17)9-5-3-4-6-10(9)13(15)18/h1,3-4,9-10H,5-8H2,(H,14,16)/t9-,10-/m1/s1. The molecule has 1 saturated heterocycles. The van der Waals surface area contributed by atoms with Crippen LogP contribution < -0.4 is 5.32 Å². The molecular formula is C13H14N2O3. The molecule has 2 rings (SSSR count). The van der Waals surface area contributed by atoms with Crippen LogP contribution in [0.1, 0.15) is 12.8 Å². The third-order valence-electron chi connectivity index (χ3n) is 3.29. The van der Waals surface area contributed by atoms with Gasteiger partial charge in [-0.2, -0.15) is 0 Å². The lowest BCUT2D eigenvalue weighted by molar-refractivity contribution is -0.143. The van der Waals surface area contributed by atoms with Crippen LogP contribution in [0.3, 0.4) is 0 Å². The fourth-order valence-electron chi connectivity index (χ4n) is 2.37. The highest BCUT2D eigenvalue weighted by atomic mass is 16.2. The summed E-state index contributed by atoms with van der Waals surface area (Å²) in [4.78, 5) is 36.6. The van der Waals surface area contributed by atoms with Gasteiger partial charge in [0.05, 0.1) is 18.4 Å². The smallest absolute Gasteiger partial charge is 0.240 e. The topological polar surface area (TPSA) is 66.5 Å². The van der Waals surface area contributed by atoms with E-state index >= 15 is 0 Å². The molecule has 1 aliphatic carbocycles. The Labute approximate surface area is 105 Å². The Morgan fingerprint density at radius 3 is 2.39 bits per heavy atom. The number of carbonyl (C=O) groups excluding carboxylic acids is 3. The van der Waals surface area contributed by atoms with Gasteiger partial charge in [0.15, 0.2) is 0 Å². The third-order valence-corrected chi connectivity index (χ3v) is 3.29.